The molecule has 1 saturated heterocycles. The lowest BCUT2D eigenvalue weighted by molar-refractivity contribution is -0.137. The summed E-state index contributed by atoms with van der Waals surface area (Å²) in [6.07, 6.45) is 0.218. The predicted molar refractivity (Wildman–Crippen MR) is 75.1 cm³/mol. The van der Waals surface area contributed by atoms with Crippen LogP contribution < -0.4 is 0 Å². The van der Waals surface area contributed by atoms with Crippen molar-refractivity contribution in [2.24, 2.45) is 0 Å². The van der Waals surface area contributed by atoms with Crippen LogP contribution in [-0.2, 0) is 11.3 Å². The van der Waals surface area contributed by atoms with Gasteiger partial charge in [0, 0.05) is 39.3 Å². The van der Waals surface area contributed by atoms with Crippen molar-refractivity contribution in [3.8, 4) is 6.07 Å². The highest BCUT2D eigenvalue weighted by Crippen LogP contribution is 2.10. The van der Waals surface area contributed by atoms with Crippen molar-refractivity contribution in [1.29, 1.82) is 5.26 Å². The maximum absolute atomic E-state index is 10.5. The first-order valence-electron chi connectivity index (χ1n) is 6.83. The molecule has 0 saturated carbocycles. The Hall–Kier alpha value is -1.90. The molecule has 0 aromatic heterocycles. The third kappa shape index (κ3) is 4.34. The third-order valence-electron chi connectivity index (χ3n) is 3.60. The average Bonchev–Trinajstić information content (AvgIpc) is 2.47. The third-order valence-corrected chi connectivity index (χ3v) is 3.60. The van der Waals surface area contributed by atoms with E-state index in [1.165, 1.54) is 5.56 Å². The van der Waals surface area contributed by atoms with Gasteiger partial charge in [-0.25, -0.2) is 0 Å². The Kier molecular flexibility index (Phi) is 5.10. The van der Waals surface area contributed by atoms with Crippen LogP contribution in [0.25, 0.3) is 0 Å². The molecule has 1 N–H and O–H groups in total. The standard InChI is InChI=1S/C15H19N3O2/c16-11-13-1-3-14(4-2-13)12-18-9-7-17(8-10-18)6-5-15(19)20/h1-4H,5-10,12H2,(H,19,20). The van der Waals surface area contributed by atoms with E-state index in [2.05, 4.69) is 15.9 Å². The Labute approximate surface area is 119 Å². The van der Waals surface area contributed by atoms with Gasteiger partial charge in [0.1, 0.15) is 0 Å². The van der Waals surface area contributed by atoms with Crippen LogP contribution in [0, 0.1) is 11.3 Å². The van der Waals surface area contributed by atoms with Gasteiger partial charge >= 0.3 is 5.97 Å². The summed E-state index contributed by atoms with van der Waals surface area (Å²) in [5, 5.41) is 17.4. The first-order chi connectivity index (χ1) is 9.67. The van der Waals surface area contributed by atoms with E-state index < -0.39 is 5.97 Å². The molecule has 0 amide bonds. The van der Waals surface area contributed by atoms with Crippen molar-refractivity contribution in [3.63, 3.8) is 0 Å². The minimum absolute atomic E-state index is 0.218. The molecule has 0 atom stereocenters. The second-order valence-electron chi connectivity index (χ2n) is 5.07. The summed E-state index contributed by atoms with van der Waals surface area (Å²) in [4.78, 5) is 15.1. The molecule has 0 spiro atoms. The van der Waals surface area contributed by atoms with Crippen molar-refractivity contribution in [2.75, 3.05) is 32.7 Å². The molecule has 0 unspecified atom stereocenters. The molecule has 0 bridgehead atoms. The van der Waals surface area contributed by atoms with Gasteiger partial charge in [-0.05, 0) is 17.7 Å². The van der Waals surface area contributed by atoms with E-state index in [-0.39, 0.29) is 6.42 Å². The summed E-state index contributed by atoms with van der Waals surface area (Å²) in [5.74, 6) is -0.731. The number of nitrogens with zero attached hydrogens (tertiary/aromatic N) is 3. The second-order valence-corrected chi connectivity index (χ2v) is 5.07. The van der Waals surface area contributed by atoms with Crippen LogP contribution in [0.4, 0.5) is 0 Å². The quantitative estimate of drug-likeness (QED) is 0.871. The van der Waals surface area contributed by atoms with Crippen LogP contribution in [-0.4, -0.2) is 53.6 Å². The van der Waals surface area contributed by atoms with Gasteiger partial charge in [0.2, 0.25) is 0 Å². The first-order valence-corrected chi connectivity index (χ1v) is 6.83. The van der Waals surface area contributed by atoms with Gasteiger partial charge in [-0.1, -0.05) is 12.1 Å². The van der Waals surface area contributed by atoms with Gasteiger partial charge in [0.25, 0.3) is 0 Å². The summed E-state index contributed by atoms with van der Waals surface area (Å²) in [6.45, 7) is 5.28. The van der Waals surface area contributed by atoms with Gasteiger partial charge in [-0.3, -0.25) is 9.69 Å². The zero-order chi connectivity index (χ0) is 14.4. The molecule has 1 fully saturated rings. The van der Waals surface area contributed by atoms with Crippen molar-refractivity contribution < 1.29 is 9.90 Å². The fourth-order valence-electron chi connectivity index (χ4n) is 2.37. The minimum Gasteiger partial charge on any atom is -0.481 e. The van der Waals surface area contributed by atoms with Crippen LogP contribution in [0.5, 0.6) is 0 Å². The molecule has 1 aromatic carbocycles. The Morgan fingerprint density at radius 1 is 1.15 bits per heavy atom. The molecule has 0 radical (unpaired) electrons. The number of hydrogen-bond donors (Lipinski definition) is 1. The molecule has 1 heterocycles. The molecule has 2 rings (SSSR count). The molecule has 1 aromatic rings. The molecule has 5 nitrogen and oxygen atoms in total. The summed E-state index contributed by atoms with van der Waals surface area (Å²) in [7, 11) is 0. The Balaban J connectivity index is 1.76. The van der Waals surface area contributed by atoms with E-state index >= 15 is 0 Å². The lowest BCUT2D eigenvalue weighted by atomic mass is 10.1. The van der Waals surface area contributed by atoms with E-state index in [4.69, 9.17) is 10.4 Å². The van der Waals surface area contributed by atoms with Crippen molar-refractivity contribution >= 4 is 5.97 Å². The molecule has 5 heteroatoms. The van der Waals surface area contributed by atoms with E-state index in [0.717, 1.165) is 32.7 Å². The zero-order valence-electron chi connectivity index (χ0n) is 11.5. The van der Waals surface area contributed by atoms with Gasteiger partial charge in [0.15, 0.2) is 0 Å². The molecule has 20 heavy (non-hydrogen) atoms. The summed E-state index contributed by atoms with van der Waals surface area (Å²) in [5.41, 5.74) is 1.90. The van der Waals surface area contributed by atoms with Crippen molar-refractivity contribution in [1.82, 2.24) is 9.80 Å². The maximum atomic E-state index is 10.5. The number of hydrogen-bond acceptors (Lipinski definition) is 4. The number of rotatable bonds is 5. The van der Waals surface area contributed by atoms with Gasteiger partial charge in [-0.15, -0.1) is 0 Å². The number of benzene rings is 1. The average molecular weight is 273 g/mol. The van der Waals surface area contributed by atoms with Gasteiger partial charge < -0.3 is 10.0 Å². The van der Waals surface area contributed by atoms with Crippen LogP contribution in [0.2, 0.25) is 0 Å². The molecule has 1 aliphatic heterocycles. The van der Waals surface area contributed by atoms with E-state index in [1.54, 1.807) is 0 Å². The summed E-state index contributed by atoms with van der Waals surface area (Å²) < 4.78 is 0. The van der Waals surface area contributed by atoms with Crippen LogP contribution >= 0.6 is 0 Å². The highest BCUT2D eigenvalue weighted by Gasteiger charge is 2.17. The summed E-state index contributed by atoms with van der Waals surface area (Å²) in [6, 6.07) is 9.80. The topological polar surface area (TPSA) is 67.6 Å². The zero-order valence-corrected chi connectivity index (χ0v) is 11.5. The number of aliphatic carboxylic acids is 1. The number of nitriles is 1. The largest absolute Gasteiger partial charge is 0.481 e. The molecular formula is C15H19N3O2. The smallest absolute Gasteiger partial charge is 0.304 e. The fourth-order valence-corrected chi connectivity index (χ4v) is 2.37. The Morgan fingerprint density at radius 2 is 1.75 bits per heavy atom. The van der Waals surface area contributed by atoms with E-state index in [1.807, 2.05) is 24.3 Å². The molecular weight excluding hydrogens is 254 g/mol. The highest BCUT2D eigenvalue weighted by molar-refractivity contribution is 5.66. The van der Waals surface area contributed by atoms with Gasteiger partial charge in [-0.2, -0.15) is 5.26 Å². The maximum Gasteiger partial charge on any atom is 0.304 e. The summed E-state index contributed by atoms with van der Waals surface area (Å²) >= 11 is 0. The number of carboxylic acid groups (broad SMARTS) is 1. The van der Waals surface area contributed by atoms with Crippen molar-refractivity contribution in [2.45, 2.75) is 13.0 Å². The number of carboxylic acids is 1. The number of piperazine rings is 1. The predicted octanol–water partition coefficient (Wildman–Crippen LogP) is 1.15. The lowest BCUT2D eigenvalue weighted by Crippen LogP contribution is -2.46. The van der Waals surface area contributed by atoms with Gasteiger partial charge in [0.05, 0.1) is 18.1 Å². The normalized spacial score (nSPS) is 16.8. The lowest BCUT2D eigenvalue weighted by Gasteiger charge is -2.34. The van der Waals surface area contributed by atoms with Crippen LogP contribution in [0.3, 0.4) is 0 Å². The number of carbonyl (C=O) groups is 1. The minimum atomic E-state index is -0.731. The Bertz CT molecular complexity index is 485. The van der Waals surface area contributed by atoms with Crippen LogP contribution in [0.1, 0.15) is 17.5 Å². The molecule has 1 aliphatic rings. The highest BCUT2D eigenvalue weighted by atomic mass is 16.4. The van der Waals surface area contributed by atoms with Crippen molar-refractivity contribution in [3.05, 3.63) is 35.4 Å². The van der Waals surface area contributed by atoms with Crippen LogP contribution in [0.15, 0.2) is 24.3 Å². The first kappa shape index (κ1) is 14.5. The molecule has 0 aliphatic carbocycles. The monoisotopic (exact) mass is 273 g/mol. The molecule has 106 valence electrons. The Morgan fingerprint density at radius 3 is 2.30 bits per heavy atom. The SMILES string of the molecule is N#Cc1ccc(CN2CCN(CCC(=O)O)CC2)cc1. The second kappa shape index (κ2) is 7.04. The van der Waals surface area contributed by atoms with E-state index in [9.17, 15) is 4.79 Å². The fraction of sp³-hybridized carbons (Fsp3) is 0.467. The van der Waals surface area contributed by atoms with E-state index in [0.29, 0.717) is 12.1 Å².